The molecule has 0 saturated heterocycles. The Balaban J connectivity index is 2.78. The van der Waals surface area contributed by atoms with Gasteiger partial charge < -0.3 is 5.32 Å². The van der Waals surface area contributed by atoms with Crippen LogP contribution in [0.5, 0.6) is 0 Å². The lowest BCUT2D eigenvalue weighted by Crippen LogP contribution is -2.29. The van der Waals surface area contributed by atoms with Crippen molar-refractivity contribution in [2.24, 2.45) is 0 Å². The van der Waals surface area contributed by atoms with Crippen molar-refractivity contribution in [3.8, 4) is 0 Å². The molecule has 3 heteroatoms. The molecular weight excluding hydrogens is 201 g/mol. The minimum Gasteiger partial charge on any atom is -0.306 e. The quantitative estimate of drug-likeness (QED) is 0.812. The molecule has 1 N–H and O–H groups in total. The number of hydrogen-bond donors (Lipinski definition) is 1. The fourth-order valence-corrected chi connectivity index (χ4v) is 1.55. The van der Waals surface area contributed by atoms with Gasteiger partial charge in [0.15, 0.2) is 0 Å². The molecule has 1 nitrogen and oxygen atoms in total. The fourth-order valence-electron chi connectivity index (χ4n) is 1.36. The topological polar surface area (TPSA) is 12.0 Å². The second-order valence-corrected chi connectivity index (χ2v) is 4.02. The largest absolute Gasteiger partial charge is 0.306 e. The Bertz CT molecular complexity index is 288. The van der Waals surface area contributed by atoms with Crippen LogP contribution in [0.3, 0.4) is 0 Å². The lowest BCUT2D eigenvalue weighted by molar-refractivity contribution is 0.362. The fraction of sp³-hybridized carbons (Fsp3) is 0.455. The first-order chi connectivity index (χ1) is 6.63. The maximum Gasteiger partial charge on any atom is 0.109 e. The van der Waals surface area contributed by atoms with Crippen molar-refractivity contribution in [1.29, 1.82) is 0 Å². The van der Waals surface area contributed by atoms with Gasteiger partial charge >= 0.3 is 0 Å². The first-order valence-electron chi connectivity index (χ1n) is 4.71. The van der Waals surface area contributed by atoms with E-state index >= 15 is 0 Å². The lowest BCUT2D eigenvalue weighted by atomic mass is 10.1. The molecule has 14 heavy (non-hydrogen) atoms. The van der Waals surface area contributed by atoms with E-state index in [1.807, 2.05) is 26.0 Å². The molecule has 0 amide bonds. The second kappa shape index (κ2) is 5.32. The minimum atomic E-state index is -0.418. The molecule has 1 atom stereocenters. The van der Waals surface area contributed by atoms with Crippen molar-refractivity contribution in [2.75, 3.05) is 6.67 Å². The number of rotatable bonds is 4. The zero-order valence-electron chi connectivity index (χ0n) is 8.43. The number of alkyl halides is 1. The Morgan fingerprint density at radius 1 is 1.43 bits per heavy atom. The Labute approximate surface area is 89.3 Å². The third kappa shape index (κ3) is 3.28. The lowest BCUT2D eigenvalue weighted by Gasteiger charge is -2.18. The molecule has 0 saturated carbocycles. The van der Waals surface area contributed by atoms with E-state index in [9.17, 15) is 4.39 Å². The molecule has 0 radical (unpaired) electrons. The normalized spacial score (nSPS) is 13.2. The van der Waals surface area contributed by atoms with Gasteiger partial charge in [0.05, 0.1) is 6.04 Å². The van der Waals surface area contributed by atoms with E-state index < -0.39 is 6.67 Å². The van der Waals surface area contributed by atoms with Gasteiger partial charge in [-0.3, -0.25) is 0 Å². The van der Waals surface area contributed by atoms with Gasteiger partial charge in [-0.2, -0.15) is 0 Å². The summed E-state index contributed by atoms with van der Waals surface area (Å²) in [5, 5.41) is 3.78. The third-order valence-electron chi connectivity index (χ3n) is 1.94. The molecule has 0 heterocycles. The van der Waals surface area contributed by atoms with Crippen molar-refractivity contribution in [3.63, 3.8) is 0 Å². The van der Waals surface area contributed by atoms with Crippen molar-refractivity contribution in [3.05, 3.63) is 34.9 Å². The van der Waals surface area contributed by atoms with Crippen LogP contribution in [0.15, 0.2) is 24.3 Å². The highest BCUT2D eigenvalue weighted by Crippen LogP contribution is 2.18. The van der Waals surface area contributed by atoms with Crippen LogP contribution in [0.25, 0.3) is 0 Å². The van der Waals surface area contributed by atoms with Gasteiger partial charge in [-0.25, -0.2) is 4.39 Å². The van der Waals surface area contributed by atoms with Crippen LogP contribution < -0.4 is 5.32 Å². The van der Waals surface area contributed by atoms with Gasteiger partial charge in [-0.1, -0.05) is 37.6 Å². The first kappa shape index (κ1) is 11.5. The smallest absolute Gasteiger partial charge is 0.109 e. The average molecular weight is 216 g/mol. The summed E-state index contributed by atoms with van der Waals surface area (Å²) in [6, 6.07) is 7.30. The molecule has 0 spiro atoms. The third-order valence-corrected chi connectivity index (χ3v) is 2.17. The average Bonchev–Trinajstić information content (AvgIpc) is 2.14. The molecule has 0 aliphatic rings. The van der Waals surface area contributed by atoms with Gasteiger partial charge in [-0.05, 0) is 17.7 Å². The zero-order chi connectivity index (χ0) is 10.6. The molecule has 0 aromatic heterocycles. The highest BCUT2D eigenvalue weighted by Gasteiger charge is 2.11. The van der Waals surface area contributed by atoms with Crippen LogP contribution in [0, 0.1) is 0 Å². The Morgan fingerprint density at radius 3 is 2.64 bits per heavy atom. The van der Waals surface area contributed by atoms with Crippen LogP contribution in [-0.2, 0) is 0 Å². The molecule has 0 aliphatic heterocycles. The van der Waals surface area contributed by atoms with Crippen LogP contribution in [0.2, 0.25) is 5.02 Å². The molecule has 1 rings (SSSR count). The van der Waals surface area contributed by atoms with Gasteiger partial charge in [0, 0.05) is 11.1 Å². The Morgan fingerprint density at radius 2 is 2.14 bits per heavy atom. The van der Waals surface area contributed by atoms with Gasteiger partial charge in [0.25, 0.3) is 0 Å². The van der Waals surface area contributed by atoms with Crippen molar-refractivity contribution in [2.45, 2.75) is 25.9 Å². The number of nitrogens with one attached hydrogen (secondary N) is 1. The SMILES string of the molecule is CC(C)NC(CF)c1cccc(Cl)c1. The maximum absolute atomic E-state index is 12.7. The highest BCUT2D eigenvalue weighted by atomic mass is 35.5. The van der Waals surface area contributed by atoms with Crippen molar-refractivity contribution in [1.82, 2.24) is 5.32 Å². The van der Waals surface area contributed by atoms with E-state index in [2.05, 4.69) is 5.32 Å². The molecule has 1 aromatic rings. The van der Waals surface area contributed by atoms with Crippen LogP contribution in [0.4, 0.5) is 4.39 Å². The number of benzene rings is 1. The van der Waals surface area contributed by atoms with E-state index in [0.717, 1.165) is 5.56 Å². The van der Waals surface area contributed by atoms with Gasteiger partial charge in [0.2, 0.25) is 0 Å². The molecule has 0 bridgehead atoms. The minimum absolute atomic E-state index is 0.256. The number of hydrogen-bond acceptors (Lipinski definition) is 1. The standard InChI is InChI=1S/C11H15ClFN/c1-8(2)14-11(7-13)9-4-3-5-10(12)6-9/h3-6,8,11,14H,7H2,1-2H3. The molecule has 1 unspecified atom stereocenters. The maximum atomic E-state index is 12.7. The Hall–Kier alpha value is -0.600. The van der Waals surface area contributed by atoms with E-state index in [1.165, 1.54) is 0 Å². The summed E-state index contributed by atoms with van der Waals surface area (Å²) >= 11 is 5.83. The summed E-state index contributed by atoms with van der Waals surface area (Å²) in [5.41, 5.74) is 0.897. The molecule has 1 aromatic carbocycles. The van der Waals surface area contributed by atoms with Gasteiger partial charge in [-0.15, -0.1) is 0 Å². The zero-order valence-corrected chi connectivity index (χ0v) is 9.18. The summed E-state index contributed by atoms with van der Waals surface area (Å²) in [4.78, 5) is 0. The summed E-state index contributed by atoms with van der Waals surface area (Å²) in [5.74, 6) is 0. The predicted octanol–water partition coefficient (Wildman–Crippen LogP) is 3.35. The van der Waals surface area contributed by atoms with Crippen LogP contribution in [-0.4, -0.2) is 12.7 Å². The van der Waals surface area contributed by atoms with Crippen LogP contribution >= 0.6 is 11.6 Å². The number of halogens is 2. The monoisotopic (exact) mass is 215 g/mol. The molecule has 0 aliphatic carbocycles. The van der Waals surface area contributed by atoms with Crippen LogP contribution in [0.1, 0.15) is 25.5 Å². The van der Waals surface area contributed by atoms with E-state index in [0.29, 0.717) is 5.02 Å². The molecule has 0 fully saturated rings. The summed E-state index contributed by atoms with van der Waals surface area (Å²) in [6.45, 7) is 3.57. The van der Waals surface area contributed by atoms with E-state index in [1.54, 1.807) is 12.1 Å². The van der Waals surface area contributed by atoms with Crippen molar-refractivity contribution >= 4 is 11.6 Å². The summed E-state index contributed by atoms with van der Waals surface area (Å²) in [6.07, 6.45) is 0. The van der Waals surface area contributed by atoms with E-state index in [-0.39, 0.29) is 12.1 Å². The first-order valence-corrected chi connectivity index (χ1v) is 5.08. The second-order valence-electron chi connectivity index (χ2n) is 3.58. The van der Waals surface area contributed by atoms with E-state index in [4.69, 9.17) is 11.6 Å². The van der Waals surface area contributed by atoms with Crippen molar-refractivity contribution < 1.29 is 4.39 Å². The molecule has 78 valence electrons. The predicted molar refractivity (Wildman–Crippen MR) is 58.4 cm³/mol. The highest BCUT2D eigenvalue weighted by molar-refractivity contribution is 6.30. The Kier molecular flexibility index (Phi) is 4.36. The summed E-state index contributed by atoms with van der Waals surface area (Å²) in [7, 11) is 0. The molecular formula is C11H15ClFN. The summed E-state index contributed by atoms with van der Waals surface area (Å²) < 4.78 is 12.7. The van der Waals surface area contributed by atoms with Gasteiger partial charge in [0.1, 0.15) is 6.67 Å².